The molecule has 6 nitrogen and oxygen atoms in total. The Hall–Kier alpha value is -1.41. The first-order chi connectivity index (χ1) is 9.38. The maximum atomic E-state index is 11.2. The van der Waals surface area contributed by atoms with Gasteiger partial charge in [-0.1, -0.05) is 30.0 Å². The number of nitrogens with zero attached hydrogens (tertiary/aromatic N) is 4. The fourth-order valence-corrected chi connectivity index (χ4v) is 3.90. The lowest BCUT2D eigenvalue weighted by Crippen LogP contribution is -2.07. The van der Waals surface area contributed by atoms with Gasteiger partial charge in [0.1, 0.15) is 9.84 Å². The molecule has 108 valence electrons. The largest absolute Gasteiger partial charge is 0.229 e. The van der Waals surface area contributed by atoms with Gasteiger partial charge in [0.05, 0.1) is 11.4 Å². The Bertz CT molecular complexity index is 690. The van der Waals surface area contributed by atoms with Crippen molar-refractivity contribution in [3.8, 4) is 5.69 Å². The van der Waals surface area contributed by atoms with Crippen LogP contribution in [0.15, 0.2) is 23.4 Å². The van der Waals surface area contributed by atoms with Gasteiger partial charge in [0.25, 0.3) is 0 Å². The minimum absolute atomic E-state index is 0.108. The summed E-state index contributed by atoms with van der Waals surface area (Å²) in [6, 6.07) is 5.97. The number of sulfone groups is 1. The van der Waals surface area contributed by atoms with E-state index in [-0.39, 0.29) is 5.75 Å². The van der Waals surface area contributed by atoms with Crippen molar-refractivity contribution in [3.63, 3.8) is 0 Å². The molecular formula is C12H16N4O2S2. The third kappa shape index (κ3) is 3.57. The van der Waals surface area contributed by atoms with Crippen LogP contribution >= 0.6 is 11.8 Å². The average molecular weight is 312 g/mol. The highest BCUT2D eigenvalue weighted by Gasteiger charge is 2.13. The fraction of sp³-hybridized carbons (Fsp3) is 0.417. The second kappa shape index (κ2) is 5.92. The number of aryl methyl sites for hydroxylation is 2. The molecule has 0 amide bonds. The van der Waals surface area contributed by atoms with Crippen LogP contribution in [0.2, 0.25) is 0 Å². The highest BCUT2D eigenvalue weighted by atomic mass is 32.2. The Morgan fingerprint density at radius 3 is 2.50 bits per heavy atom. The Kier molecular flexibility index (Phi) is 4.44. The number of hydrogen-bond donors (Lipinski definition) is 0. The molecule has 0 atom stereocenters. The number of aromatic nitrogens is 4. The van der Waals surface area contributed by atoms with E-state index in [1.807, 2.05) is 32.0 Å². The molecule has 0 saturated heterocycles. The predicted octanol–water partition coefficient (Wildman–Crippen LogP) is 1.42. The summed E-state index contributed by atoms with van der Waals surface area (Å²) in [4.78, 5) is 0. The zero-order valence-corrected chi connectivity index (χ0v) is 13.2. The maximum Gasteiger partial charge on any atom is 0.214 e. The third-order valence-corrected chi connectivity index (χ3v) is 4.90. The minimum atomic E-state index is -2.97. The molecule has 1 aromatic heterocycles. The molecule has 0 bridgehead atoms. The molecule has 0 radical (unpaired) electrons. The van der Waals surface area contributed by atoms with Gasteiger partial charge in [0.15, 0.2) is 0 Å². The number of benzene rings is 1. The van der Waals surface area contributed by atoms with Gasteiger partial charge in [-0.3, -0.25) is 0 Å². The minimum Gasteiger partial charge on any atom is -0.229 e. The molecule has 0 fully saturated rings. The van der Waals surface area contributed by atoms with E-state index in [0.717, 1.165) is 16.8 Å². The number of tetrazole rings is 1. The molecule has 0 N–H and O–H groups in total. The number of para-hydroxylation sites is 1. The first-order valence-electron chi connectivity index (χ1n) is 6.04. The van der Waals surface area contributed by atoms with Crippen molar-refractivity contribution in [2.45, 2.75) is 19.0 Å². The summed E-state index contributed by atoms with van der Waals surface area (Å²) < 4.78 is 24.0. The summed E-state index contributed by atoms with van der Waals surface area (Å²) in [5, 5.41) is 12.3. The summed E-state index contributed by atoms with van der Waals surface area (Å²) >= 11 is 1.34. The molecule has 20 heavy (non-hydrogen) atoms. The van der Waals surface area contributed by atoms with Crippen LogP contribution in [0.5, 0.6) is 0 Å². The van der Waals surface area contributed by atoms with Crippen LogP contribution in [0.4, 0.5) is 0 Å². The lowest BCUT2D eigenvalue weighted by molar-refractivity contribution is 0.603. The first-order valence-corrected chi connectivity index (χ1v) is 9.08. The van der Waals surface area contributed by atoms with Crippen molar-refractivity contribution in [3.05, 3.63) is 29.3 Å². The van der Waals surface area contributed by atoms with Crippen LogP contribution in [-0.2, 0) is 9.84 Å². The molecule has 1 heterocycles. The van der Waals surface area contributed by atoms with Crippen LogP contribution in [0, 0.1) is 13.8 Å². The molecule has 0 aliphatic carbocycles. The third-order valence-electron chi connectivity index (χ3n) is 2.78. The number of rotatable bonds is 5. The molecule has 1 aromatic carbocycles. The van der Waals surface area contributed by atoms with Crippen molar-refractivity contribution < 1.29 is 8.42 Å². The van der Waals surface area contributed by atoms with Crippen molar-refractivity contribution in [2.24, 2.45) is 0 Å². The Morgan fingerprint density at radius 2 is 1.90 bits per heavy atom. The van der Waals surface area contributed by atoms with Crippen LogP contribution in [-0.4, -0.2) is 46.4 Å². The first kappa shape index (κ1) is 15.0. The van der Waals surface area contributed by atoms with Gasteiger partial charge in [-0.25, -0.2) is 8.42 Å². The Balaban J connectivity index is 2.25. The zero-order valence-electron chi connectivity index (χ0n) is 11.6. The van der Waals surface area contributed by atoms with Gasteiger partial charge in [-0.15, -0.1) is 5.10 Å². The SMILES string of the molecule is Cc1cccc(C)c1-n1nnnc1SCCS(C)(=O)=O. The smallest absolute Gasteiger partial charge is 0.214 e. The van der Waals surface area contributed by atoms with E-state index in [0.29, 0.717) is 10.9 Å². The fourth-order valence-electron chi connectivity index (χ4n) is 1.83. The van der Waals surface area contributed by atoms with E-state index in [1.165, 1.54) is 18.0 Å². The monoisotopic (exact) mass is 312 g/mol. The van der Waals surface area contributed by atoms with Crippen LogP contribution in [0.3, 0.4) is 0 Å². The van der Waals surface area contributed by atoms with E-state index in [1.54, 1.807) is 4.68 Å². The molecule has 0 unspecified atom stereocenters. The Labute approximate surface area is 122 Å². The van der Waals surface area contributed by atoms with Gasteiger partial charge in [-0.05, 0) is 35.4 Å². The molecular weight excluding hydrogens is 296 g/mol. The van der Waals surface area contributed by atoms with Gasteiger partial charge < -0.3 is 0 Å². The second-order valence-electron chi connectivity index (χ2n) is 4.59. The van der Waals surface area contributed by atoms with Gasteiger partial charge >= 0.3 is 0 Å². The van der Waals surface area contributed by atoms with Gasteiger partial charge in [0.2, 0.25) is 5.16 Å². The van der Waals surface area contributed by atoms with E-state index < -0.39 is 9.84 Å². The van der Waals surface area contributed by atoms with Gasteiger partial charge in [0, 0.05) is 12.0 Å². The van der Waals surface area contributed by atoms with Crippen molar-refractivity contribution >= 4 is 21.6 Å². The molecule has 8 heteroatoms. The molecule has 0 aliphatic heterocycles. The van der Waals surface area contributed by atoms with E-state index in [2.05, 4.69) is 15.5 Å². The molecule has 2 aromatic rings. The summed E-state index contributed by atoms with van der Waals surface area (Å²) in [6.07, 6.45) is 1.22. The Morgan fingerprint density at radius 1 is 1.25 bits per heavy atom. The second-order valence-corrected chi connectivity index (χ2v) is 7.91. The van der Waals surface area contributed by atoms with Crippen LogP contribution in [0.25, 0.3) is 5.69 Å². The topological polar surface area (TPSA) is 77.7 Å². The summed E-state index contributed by atoms with van der Waals surface area (Å²) in [7, 11) is -2.97. The van der Waals surface area contributed by atoms with Crippen molar-refractivity contribution in [1.82, 2.24) is 20.2 Å². The van der Waals surface area contributed by atoms with Crippen molar-refractivity contribution in [1.29, 1.82) is 0 Å². The van der Waals surface area contributed by atoms with E-state index >= 15 is 0 Å². The van der Waals surface area contributed by atoms with Crippen LogP contribution < -0.4 is 0 Å². The molecule has 0 saturated carbocycles. The van der Waals surface area contributed by atoms with E-state index in [9.17, 15) is 8.42 Å². The summed E-state index contributed by atoms with van der Waals surface area (Å²) in [6.45, 7) is 3.99. The molecule has 2 rings (SSSR count). The normalized spacial score (nSPS) is 11.8. The number of hydrogen-bond acceptors (Lipinski definition) is 6. The van der Waals surface area contributed by atoms with E-state index in [4.69, 9.17) is 0 Å². The highest BCUT2D eigenvalue weighted by molar-refractivity contribution is 8.00. The van der Waals surface area contributed by atoms with Gasteiger partial charge in [-0.2, -0.15) is 4.68 Å². The lowest BCUT2D eigenvalue weighted by Gasteiger charge is -2.10. The standard InChI is InChI=1S/C12H16N4O2S2/c1-9-5-4-6-10(2)11(9)16-12(13-14-15-16)19-7-8-20(3,17)18/h4-6H,7-8H2,1-3H3. The average Bonchev–Trinajstić information content (AvgIpc) is 2.75. The van der Waals surface area contributed by atoms with Crippen molar-refractivity contribution in [2.75, 3.05) is 17.8 Å². The number of thioether (sulfide) groups is 1. The summed E-state index contributed by atoms with van der Waals surface area (Å²) in [5.74, 6) is 0.543. The quantitative estimate of drug-likeness (QED) is 0.777. The van der Waals surface area contributed by atoms with Crippen LogP contribution in [0.1, 0.15) is 11.1 Å². The molecule has 0 spiro atoms. The molecule has 0 aliphatic rings. The summed E-state index contributed by atoms with van der Waals surface area (Å²) in [5.41, 5.74) is 3.09. The maximum absolute atomic E-state index is 11.2. The lowest BCUT2D eigenvalue weighted by atomic mass is 10.1. The zero-order chi connectivity index (χ0) is 14.8. The highest BCUT2D eigenvalue weighted by Crippen LogP contribution is 2.23. The predicted molar refractivity (Wildman–Crippen MR) is 79.1 cm³/mol.